The summed E-state index contributed by atoms with van der Waals surface area (Å²) in [6.07, 6.45) is 0. The second-order valence-electron chi connectivity index (χ2n) is 7.27. The highest BCUT2D eigenvalue weighted by Gasteiger charge is 2.15. The van der Waals surface area contributed by atoms with Crippen LogP contribution in [0.1, 0.15) is 21.9 Å². The minimum atomic E-state index is -0.442. The van der Waals surface area contributed by atoms with Crippen molar-refractivity contribution in [2.24, 2.45) is 0 Å². The second kappa shape index (κ2) is 10.5. The largest absolute Gasteiger partial charge is 0.486 e. The fourth-order valence-corrected chi connectivity index (χ4v) is 4.15. The van der Waals surface area contributed by atoms with E-state index < -0.39 is 4.92 Å². The van der Waals surface area contributed by atoms with E-state index in [0.29, 0.717) is 27.8 Å². The number of para-hydroxylation sites is 1. The van der Waals surface area contributed by atoms with Crippen LogP contribution in [-0.2, 0) is 6.61 Å². The summed E-state index contributed by atoms with van der Waals surface area (Å²) >= 11 is 7.46. The predicted octanol–water partition coefficient (Wildman–Crippen LogP) is 7.13. The van der Waals surface area contributed by atoms with Gasteiger partial charge in [-0.25, -0.2) is 0 Å². The zero-order chi connectivity index (χ0) is 24.1. The molecule has 0 fully saturated rings. The van der Waals surface area contributed by atoms with Crippen LogP contribution in [0.5, 0.6) is 5.75 Å². The maximum Gasteiger partial charge on any atom is 0.291 e. The molecular formula is C25H19ClN2O5S. The van der Waals surface area contributed by atoms with Crippen LogP contribution in [0.4, 0.5) is 11.4 Å². The SMILES string of the molecule is Cc1cc(OCc2ccc(C(=O)Nc3ccccc3Sc3ccc(Cl)cc3)o2)ccc1[N+](=O)[O-]. The van der Waals surface area contributed by atoms with Gasteiger partial charge in [-0.05, 0) is 67.6 Å². The number of hydrogen-bond donors (Lipinski definition) is 1. The molecule has 0 radical (unpaired) electrons. The Bertz CT molecular complexity index is 1340. The maximum atomic E-state index is 12.8. The first-order valence-corrected chi connectivity index (χ1v) is 11.4. The van der Waals surface area contributed by atoms with Crippen LogP contribution in [0.3, 0.4) is 0 Å². The van der Waals surface area contributed by atoms with Crippen molar-refractivity contribution < 1.29 is 18.9 Å². The van der Waals surface area contributed by atoms with Gasteiger partial charge in [0.1, 0.15) is 18.1 Å². The summed E-state index contributed by atoms with van der Waals surface area (Å²) in [5.41, 5.74) is 1.18. The van der Waals surface area contributed by atoms with Gasteiger partial charge < -0.3 is 14.5 Å². The van der Waals surface area contributed by atoms with Gasteiger partial charge in [0.15, 0.2) is 5.76 Å². The number of hydrogen-bond acceptors (Lipinski definition) is 6. The molecule has 0 aliphatic carbocycles. The topological polar surface area (TPSA) is 94.6 Å². The Hall–Kier alpha value is -3.75. The zero-order valence-corrected chi connectivity index (χ0v) is 19.6. The minimum Gasteiger partial charge on any atom is -0.486 e. The molecule has 9 heteroatoms. The van der Waals surface area contributed by atoms with Gasteiger partial charge in [0.2, 0.25) is 0 Å². The number of aryl methyl sites for hydroxylation is 1. The molecule has 1 N–H and O–H groups in total. The van der Waals surface area contributed by atoms with E-state index >= 15 is 0 Å². The van der Waals surface area contributed by atoms with Crippen molar-refractivity contribution in [3.63, 3.8) is 0 Å². The van der Waals surface area contributed by atoms with E-state index in [1.165, 1.54) is 23.9 Å². The lowest BCUT2D eigenvalue weighted by molar-refractivity contribution is -0.385. The molecule has 7 nitrogen and oxygen atoms in total. The molecule has 172 valence electrons. The minimum absolute atomic E-state index is 0.0267. The molecule has 4 aromatic rings. The lowest BCUT2D eigenvalue weighted by Gasteiger charge is -2.10. The lowest BCUT2D eigenvalue weighted by atomic mass is 10.2. The van der Waals surface area contributed by atoms with Crippen molar-refractivity contribution in [1.82, 2.24) is 0 Å². The molecule has 1 heterocycles. The van der Waals surface area contributed by atoms with Crippen molar-refractivity contribution in [3.8, 4) is 5.75 Å². The van der Waals surface area contributed by atoms with E-state index in [4.69, 9.17) is 20.8 Å². The molecule has 0 spiro atoms. The summed E-state index contributed by atoms with van der Waals surface area (Å²) in [5, 5.41) is 14.5. The first kappa shape index (κ1) is 23.4. The Morgan fingerprint density at radius 2 is 1.85 bits per heavy atom. The van der Waals surface area contributed by atoms with Crippen LogP contribution < -0.4 is 10.1 Å². The lowest BCUT2D eigenvalue weighted by Crippen LogP contribution is -2.11. The van der Waals surface area contributed by atoms with E-state index in [2.05, 4.69) is 5.32 Å². The molecule has 0 aliphatic heterocycles. The van der Waals surface area contributed by atoms with Gasteiger partial charge in [0, 0.05) is 26.4 Å². The van der Waals surface area contributed by atoms with Crippen LogP contribution in [-0.4, -0.2) is 10.8 Å². The Kier molecular flexibility index (Phi) is 7.20. The Morgan fingerprint density at radius 1 is 1.09 bits per heavy atom. The van der Waals surface area contributed by atoms with Gasteiger partial charge in [0.05, 0.1) is 10.6 Å². The van der Waals surface area contributed by atoms with Gasteiger partial charge in [-0.1, -0.05) is 35.5 Å². The third-order valence-corrected chi connectivity index (χ3v) is 6.14. The van der Waals surface area contributed by atoms with Crippen molar-refractivity contribution in [3.05, 3.63) is 111 Å². The molecule has 1 amide bonds. The Morgan fingerprint density at radius 3 is 2.59 bits per heavy atom. The van der Waals surface area contributed by atoms with Gasteiger partial charge in [-0.15, -0.1) is 0 Å². The first-order valence-electron chi connectivity index (χ1n) is 10.2. The number of carbonyl (C=O) groups excluding carboxylic acids is 1. The number of benzene rings is 3. The molecule has 0 unspecified atom stereocenters. The van der Waals surface area contributed by atoms with Gasteiger partial charge >= 0.3 is 0 Å². The first-order chi connectivity index (χ1) is 16.4. The quantitative estimate of drug-likeness (QED) is 0.207. The van der Waals surface area contributed by atoms with Crippen LogP contribution in [0.25, 0.3) is 0 Å². The highest BCUT2D eigenvalue weighted by atomic mass is 35.5. The average molecular weight is 495 g/mol. The summed E-state index contributed by atoms with van der Waals surface area (Å²) in [4.78, 5) is 25.1. The normalized spacial score (nSPS) is 10.6. The molecule has 0 saturated heterocycles. The highest BCUT2D eigenvalue weighted by Crippen LogP contribution is 2.34. The Balaban J connectivity index is 1.40. The number of nitro groups is 1. The number of rotatable bonds is 8. The number of ether oxygens (including phenoxy) is 1. The van der Waals surface area contributed by atoms with E-state index in [9.17, 15) is 14.9 Å². The third kappa shape index (κ3) is 5.78. The van der Waals surface area contributed by atoms with Crippen molar-refractivity contribution >= 4 is 40.6 Å². The van der Waals surface area contributed by atoms with Crippen LogP contribution >= 0.6 is 23.4 Å². The molecule has 0 saturated carbocycles. The zero-order valence-electron chi connectivity index (χ0n) is 18.0. The number of nitrogens with one attached hydrogen (secondary N) is 1. The number of nitro benzene ring substituents is 1. The molecular weight excluding hydrogens is 476 g/mol. The van der Waals surface area contributed by atoms with E-state index in [-0.39, 0.29) is 24.0 Å². The predicted molar refractivity (Wildman–Crippen MR) is 131 cm³/mol. The highest BCUT2D eigenvalue weighted by molar-refractivity contribution is 7.99. The number of anilines is 1. The summed E-state index contributed by atoms with van der Waals surface area (Å²) in [6, 6.07) is 22.7. The fraction of sp³-hybridized carbons (Fsp3) is 0.0800. The van der Waals surface area contributed by atoms with E-state index in [1.54, 1.807) is 25.1 Å². The summed E-state index contributed by atoms with van der Waals surface area (Å²) in [6.45, 7) is 1.72. The van der Waals surface area contributed by atoms with Crippen molar-refractivity contribution in [2.75, 3.05) is 5.32 Å². The van der Waals surface area contributed by atoms with Crippen LogP contribution in [0.15, 0.2) is 93.1 Å². The molecule has 0 bridgehead atoms. The van der Waals surface area contributed by atoms with Gasteiger partial charge in [-0.2, -0.15) is 0 Å². The van der Waals surface area contributed by atoms with Crippen LogP contribution in [0.2, 0.25) is 5.02 Å². The van der Waals surface area contributed by atoms with Gasteiger partial charge in [0.25, 0.3) is 11.6 Å². The fourth-order valence-electron chi connectivity index (χ4n) is 3.13. The molecule has 0 aliphatic rings. The summed E-state index contributed by atoms with van der Waals surface area (Å²) < 4.78 is 11.3. The van der Waals surface area contributed by atoms with Gasteiger partial charge in [-0.3, -0.25) is 14.9 Å². The van der Waals surface area contributed by atoms with Crippen molar-refractivity contribution in [2.45, 2.75) is 23.3 Å². The maximum absolute atomic E-state index is 12.8. The molecule has 1 aromatic heterocycles. The molecule has 3 aromatic carbocycles. The van der Waals surface area contributed by atoms with E-state index in [0.717, 1.165) is 9.79 Å². The number of furan rings is 1. The third-order valence-electron chi connectivity index (χ3n) is 4.81. The average Bonchev–Trinajstić information content (AvgIpc) is 3.29. The molecule has 34 heavy (non-hydrogen) atoms. The summed E-state index contributed by atoms with van der Waals surface area (Å²) in [7, 11) is 0. The monoisotopic (exact) mass is 494 g/mol. The van der Waals surface area contributed by atoms with Crippen molar-refractivity contribution in [1.29, 1.82) is 0 Å². The Labute approximate surface area is 204 Å². The molecule has 4 rings (SSSR count). The summed E-state index contributed by atoms with van der Waals surface area (Å²) in [5.74, 6) is 0.676. The second-order valence-corrected chi connectivity index (χ2v) is 8.82. The number of nitrogens with zero attached hydrogens (tertiary/aromatic N) is 1. The molecule has 0 atom stereocenters. The number of amides is 1. The number of carbonyl (C=O) groups is 1. The van der Waals surface area contributed by atoms with Crippen LogP contribution in [0, 0.1) is 17.0 Å². The smallest absolute Gasteiger partial charge is 0.291 e. The number of halogens is 1. The standard InChI is InChI=1S/C25H19ClN2O5S/c1-16-14-18(8-12-22(16)28(30)31)32-15-19-9-13-23(33-19)25(29)27-21-4-2-3-5-24(21)34-20-10-6-17(26)7-11-20/h2-14H,15H2,1H3,(H,27,29). The van der Waals surface area contributed by atoms with E-state index in [1.807, 2.05) is 48.5 Å².